The summed E-state index contributed by atoms with van der Waals surface area (Å²) in [4.78, 5) is 26.9. The van der Waals surface area contributed by atoms with Crippen molar-refractivity contribution in [1.82, 2.24) is 15.1 Å². The molecule has 0 saturated heterocycles. The third kappa shape index (κ3) is 4.09. The van der Waals surface area contributed by atoms with Gasteiger partial charge in [-0.05, 0) is 66.5 Å². The third-order valence-electron chi connectivity index (χ3n) is 4.94. The summed E-state index contributed by atoms with van der Waals surface area (Å²) in [5, 5.41) is 11.4. The van der Waals surface area contributed by atoms with Crippen molar-refractivity contribution in [1.29, 1.82) is 0 Å². The number of amides is 1. The van der Waals surface area contributed by atoms with Crippen LogP contribution in [-0.2, 0) is 16.7 Å². The molecule has 3 heterocycles. The van der Waals surface area contributed by atoms with Crippen molar-refractivity contribution in [2.45, 2.75) is 72.0 Å². The minimum atomic E-state index is -0.397. The van der Waals surface area contributed by atoms with E-state index in [2.05, 4.69) is 43.4 Å². The molecular weight excluding hydrogens is 388 g/mol. The van der Waals surface area contributed by atoms with Gasteiger partial charge in [0.25, 0.3) is 5.91 Å². The lowest BCUT2D eigenvalue weighted by Crippen LogP contribution is -2.55. The predicted molar refractivity (Wildman–Crippen MR) is 115 cm³/mol. The zero-order chi connectivity index (χ0) is 21.6. The van der Waals surface area contributed by atoms with Crippen molar-refractivity contribution >= 4 is 28.2 Å². The van der Waals surface area contributed by atoms with Crippen LogP contribution < -0.4 is 10.6 Å². The summed E-state index contributed by atoms with van der Waals surface area (Å²) in [7, 11) is 0. The summed E-state index contributed by atoms with van der Waals surface area (Å²) < 4.78 is 7.01. The first kappa shape index (κ1) is 21.5. The summed E-state index contributed by atoms with van der Waals surface area (Å²) in [6.07, 6.45) is 2.28. The van der Waals surface area contributed by atoms with Crippen LogP contribution in [0.25, 0.3) is 0 Å². The summed E-state index contributed by atoms with van der Waals surface area (Å²) in [6.45, 7) is 14.4. The van der Waals surface area contributed by atoms with Gasteiger partial charge in [0.1, 0.15) is 10.7 Å². The van der Waals surface area contributed by atoms with E-state index < -0.39 is 5.97 Å². The number of thiophene rings is 1. The van der Waals surface area contributed by atoms with Crippen LogP contribution in [0.3, 0.4) is 0 Å². The molecule has 0 radical (unpaired) electrons. The lowest BCUT2D eigenvalue weighted by Gasteiger charge is -2.42. The lowest BCUT2D eigenvalue weighted by molar-refractivity contribution is 0.0526. The zero-order valence-electron chi connectivity index (χ0n) is 18.2. The number of fused-ring (bicyclic) bond motifs is 1. The van der Waals surface area contributed by atoms with Gasteiger partial charge in [0.05, 0.1) is 12.2 Å². The van der Waals surface area contributed by atoms with Gasteiger partial charge in [0.15, 0.2) is 0 Å². The van der Waals surface area contributed by atoms with Crippen LogP contribution in [0.4, 0.5) is 5.00 Å². The number of hydrogen-bond donors (Lipinski definition) is 2. The molecule has 3 rings (SSSR count). The van der Waals surface area contributed by atoms with Crippen LogP contribution in [-0.4, -0.2) is 33.8 Å². The molecule has 1 amide bonds. The first-order chi connectivity index (χ1) is 13.5. The molecule has 8 heteroatoms. The van der Waals surface area contributed by atoms with Crippen molar-refractivity contribution in [2.75, 3.05) is 11.9 Å². The zero-order valence-corrected chi connectivity index (χ0v) is 19.0. The maximum atomic E-state index is 13.0. The van der Waals surface area contributed by atoms with Crippen LogP contribution in [0.2, 0.25) is 0 Å². The Hall–Kier alpha value is -2.19. The van der Waals surface area contributed by atoms with Crippen LogP contribution >= 0.6 is 11.3 Å². The molecule has 0 aromatic carbocycles. The van der Waals surface area contributed by atoms with Crippen molar-refractivity contribution < 1.29 is 14.3 Å². The molecule has 0 unspecified atom stereocenters. The maximum Gasteiger partial charge on any atom is 0.341 e. The highest BCUT2D eigenvalue weighted by Crippen LogP contribution is 2.45. The first-order valence-electron chi connectivity index (χ1n) is 9.94. The topological polar surface area (TPSA) is 85.2 Å². The van der Waals surface area contributed by atoms with Crippen molar-refractivity contribution in [3.8, 4) is 0 Å². The molecule has 0 fully saturated rings. The Kier molecular flexibility index (Phi) is 5.62. The van der Waals surface area contributed by atoms with Crippen LogP contribution in [0, 0.1) is 0 Å². The molecule has 1 aliphatic heterocycles. The average Bonchev–Trinajstić information content (AvgIpc) is 3.18. The van der Waals surface area contributed by atoms with Crippen molar-refractivity contribution in [3.63, 3.8) is 0 Å². The molecular formula is C21H30N4O3S. The van der Waals surface area contributed by atoms with Crippen molar-refractivity contribution in [3.05, 3.63) is 34.0 Å². The van der Waals surface area contributed by atoms with Crippen molar-refractivity contribution in [2.24, 2.45) is 0 Å². The number of anilines is 1. The van der Waals surface area contributed by atoms with Gasteiger partial charge >= 0.3 is 5.97 Å². The molecule has 0 saturated carbocycles. The molecule has 0 atom stereocenters. The number of hydrogen-bond acceptors (Lipinski definition) is 6. The molecule has 1 aliphatic rings. The quantitative estimate of drug-likeness (QED) is 0.714. The lowest BCUT2D eigenvalue weighted by atomic mass is 9.81. The highest BCUT2D eigenvalue weighted by Gasteiger charge is 2.42. The Morgan fingerprint density at radius 2 is 2.03 bits per heavy atom. The average molecular weight is 419 g/mol. The second-order valence-corrected chi connectivity index (χ2v) is 9.87. The Balaban J connectivity index is 2.07. The number of aromatic nitrogens is 2. The molecule has 0 aliphatic carbocycles. The standard InChI is InChI=1S/C21H30N4O3S/c1-8-28-19(27)15-13-11-20(4,5)24-21(6,7)16(13)29-18(15)23-17(26)14-9-10-22-25(14)12(2)3/h9-10,12,24H,8,11H2,1-7H3,(H,23,26). The SMILES string of the molecule is CCOC(=O)c1c(NC(=O)c2ccnn2C(C)C)sc2c1CC(C)(C)NC2(C)C. The molecule has 0 bridgehead atoms. The van der Waals surface area contributed by atoms with E-state index in [-0.39, 0.29) is 29.6 Å². The Morgan fingerprint density at radius 3 is 2.66 bits per heavy atom. The van der Waals surface area contributed by atoms with E-state index in [1.165, 1.54) is 11.3 Å². The Morgan fingerprint density at radius 1 is 1.34 bits per heavy atom. The smallest absolute Gasteiger partial charge is 0.341 e. The molecule has 29 heavy (non-hydrogen) atoms. The highest BCUT2D eigenvalue weighted by atomic mass is 32.1. The summed E-state index contributed by atoms with van der Waals surface area (Å²) in [6, 6.07) is 1.73. The van der Waals surface area contributed by atoms with Crippen LogP contribution in [0.5, 0.6) is 0 Å². The number of carbonyl (C=O) groups is 2. The molecule has 0 spiro atoms. The van der Waals surface area contributed by atoms with Gasteiger partial charge in [0, 0.05) is 28.2 Å². The molecule has 2 aromatic rings. The minimum absolute atomic E-state index is 0.0516. The van der Waals surface area contributed by atoms with Crippen LogP contribution in [0.1, 0.15) is 85.8 Å². The first-order valence-corrected chi connectivity index (χ1v) is 10.8. The summed E-state index contributed by atoms with van der Waals surface area (Å²) in [5.41, 5.74) is 1.37. The Labute approximate surface area is 175 Å². The van der Waals surface area contributed by atoms with E-state index in [4.69, 9.17) is 4.74 Å². The molecule has 2 N–H and O–H groups in total. The molecule has 2 aromatic heterocycles. The highest BCUT2D eigenvalue weighted by molar-refractivity contribution is 7.17. The number of rotatable bonds is 5. The largest absolute Gasteiger partial charge is 0.462 e. The van der Waals surface area contributed by atoms with E-state index in [1.54, 1.807) is 23.9 Å². The minimum Gasteiger partial charge on any atom is -0.462 e. The Bertz CT molecular complexity index is 940. The number of esters is 1. The van der Waals surface area contributed by atoms with Gasteiger partial charge in [-0.1, -0.05) is 0 Å². The number of nitrogens with zero attached hydrogens (tertiary/aromatic N) is 2. The summed E-state index contributed by atoms with van der Waals surface area (Å²) in [5.74, 6) is -0.684. The molecule has 7 nitrogen and oxygen atoms in total. The van der Waals surface area contributed by atoms with Crippen LogP contribution in [0.15, 0.2) is 12.3 Å². The fraction of sp³-hybridized carbons (Fsp3) is 0.571. The van der Waals surface area contributed by atoms with E-state index in [0.29, 0.717) is 22.7 Å². The second-order valence-electron chi connectivity index (χ2n) is 8.85. The predicted octanol–water partition coefficient (Wildman–Crippen LogP) is 4.11. The van der Waals surface area contributed by atoms with Gasteiger partial charge in [0.2, 0.25) is 0 Å². The van der Waals surface area contributed by atoms with Gasteiger partial charge in [-0.25, -0.2) is 4.79 Å². The number of nitrogens with one attached hydrogen (secondary N) is 2. The fourth-order valence-electron chi connectivity index (χ4n) is 4.11. The molecule has 158 valence electrons. The fourth-order valence-corrected chi connectivity index (χ4v) is 5.37. The number of ether oxygens (including phenoxy) is 1. The van der Waals surface area contributed by atoms with Gasteiger partial charge < -0.3 is 15.4 Å². The third-order valence-corrected chi connectivity index (χ3v) is 6.41. The maximum absolute atomic E-state index is 13.0. The normalized spacial score (nSPS) is 17.1. The van der Waals surface area contributed by atoms with E-state index in [0.717, 1.165) is 10.4 Å². The van der Waals surface area contributed by atoms with Gasteiger partial charge in [-0.2, -0.15) is 5.10 Å². The van der Waals surface area contributed by atoms with E-state index in [1.807, 2.05) is 13.8 Å². The van der Waals surface area contributed by atoms with Gasteiger partial charge in [-0.3, -0.25) is 9.48 Å². The monoisotopic (exact) mass is 418 g/mol. The summed E-state index contributed by atoms with van der Waals surface area (Å²) >= 11 is 1.44. The van der Waals surface area contributed by atoms with E-state index in [9.17, 15) is 9.59 Å². The van der Waals surface area contributed by atoms with Gasteiger partial charge in [-0.15, -0.1) is 11.3 Å². The number of carbonyl (C=O) groups excluding carboxylic acids is 2. The second kappa shape index (κ2) is 7.57. The van der Waals surface area contributed by atoms with E-state index >= 15 is 0 Å².